The average Bonchev–Trinajstić information content (AvgIpc) is 2.62. The van der Waals surface area contributed by atoms with Crippen molar-refractivity contribution in [2.24, 2.45) is 0 Å². The predicted molar refractivity (Wildman–Crippen MR) is 97.7 cm³/mol. The molecule has 0 aliphatic carbocycles. The molecule has 0 spiro atoms. The molecule has 1 aromatic rings. The van der Waals surface area contributed by atoms with Crippen LogP contribution in [0.2, 0.25) is 0 Å². The first-order valence-electron chi connectivity index (χ1n) is 8.84. The van der Waals surface area contributed by atoms with E-state index in [1.165, 1.54) is 0 Å². The summed E-state index contributed by atoms with van der Waals surface area (Å²) >= 11 is 0. The zero-order chi connectivity index (χ0) is 18.2. The number of piperazine rings is 1. The third-order valence-corrected chi connectivity index (χ3v) is 4.39. The summed E-state index contributed by atoms with van der Waals surface area (Å²) in [6.07, 6.45) is 0. The number of nitrogens with one attached hydrogen (secondary N) is 1. The molecule has 0 aromatic heterocycles. The lowest BCUT2D eigenvalue weighted by Gasteiger charge is -2.37. The minimum atomic E-state index is -0.0469. The van der Waals surface area contributed by atoms with E-state index in [1.807, 2.05) is 35.8 Å². The van der Waals surface area contributed by atoms with Gasteiger partial charge in [0.15, 0.2) is 0 Å². The van der Waals surface area contributed by atoms with Gasteiger partial charge in [-0.3, -0.25) is 14.5 Å². The third-order valence-electron chi connectivity index (χ3n) is 4.39. The number of phenolic OH excluding ortho intramolecular Hbond substituents is 1. The second kappa shape index (κ2) is 9.27. The van der Waals surface area contributed by atoms with E-state index in [0.29, 0.717) is 26.2 Å². The minimum Gasteiger partial charge on any atom is -0.508 e. The summed E-state index contributed by atoms with van der Waals surface area (Å²) in [5.41, 5.74) is 1.05. The van der Waals surface area contributed by atoms with E-state index < -0.39 is 0 Å². The molecule has 0 unspecified atom stereocenters. The molecule has 7 nitrogen and oxygen atoms in total. The number of aromatic hydroxyl groups is 1. The van der Waals surface area contributed by atoms with Gasteiger partial charge in [-0.15, -0.1) is 0 Å². The maximum atomic E-state index is 12.5. The Hall–Kier alpha value is -2.28. The van der Waals surface area contributed by atoms with Gasteiger partial charge in [0.25, 0.3) is 0 Å². The number of nitrogens with zero attached hydrogens (tertiary/aromatic N) is 3. The van der Waals surface area contributed by atoms with E-state index in [4.69, 9.17) is 0 Å². The number of hydrogen-bond acceptors (Lipinski definition) is 5. The van der Waals surface area contributed by atoms with Gasteiger partial charge >= 0.3 is 0 Å². The van der Waals surface area contributed by atoms with E-state index in [-0.39, 0.29) is 30.7 Å². The van der Waals surface area contributed by atoms with Crippen molar-refractivity contribution in [3.05, 3.63) is 24.3 Å². The standard InChI is InChI=1S/C18H28N4O3/c1-3-19-17(24)13-20(4-2)14-18(25)22-11-9-21(10-12-22)15-5-7-16(23)8-6-15/h5-8,23H,3-4,9-14H2,1-2H3,(H,19,24). The molecule has 1 heterocycles. The van der Waals surface area contributed by atoms with Gasteiger partial charge in [-0.05, 0) is 37.7 Å². The Morgan fingerprint density at radius 2 is 1.72 bits per heavy atom. The molecule has 1 aliphatic rings. The molecular weight excluding hydrogens is 320 g/mol. The van der Waals surface area contributed by atoms with Gasteiger partial charge in [-0.25, -0.2) is 0 Å². The summed E-state index contributed by atoms with van der Waals surface area (Å²) < 4.78 is 0. The Labute approximate surface area is 149 Å². The Balaban J connectivity index is 1.81. The van der Waals surface area contributed by atoms with Crippen LogP contribution in [0.4, 0.5) is 5.69 Å². The van der Waals surface area contributed by atoms with Crippen LogP contribution >= 0.6 is 0 Å². The molecule has 1 fully saturated rings. The number of carbonyl (C=O) groups is 2. The van der Waals surface area contributed by atoms with Crippen molar-refractivity contribution in [2.45, 2.75) is 13.8 Å². The number of likely N-dealkylation sites (N-methyl/N-ethyl adjacent to an activating group) is 2. The predicted octanol–water partition coefficient (Wildman–Crippen LogP) is 0.499. The van der Waals surface area contributed by atoms with Crippen LogP contribution in [-0.2, 0) is 9.59 Å². The second-order valence-corrected chi connectivity index (χ2v) is 6.14. The molecule has 2 N–H and O–H groups in total. The molecule has 2 amide bonds. The summed E-state index contributed by atoms with van der Waals surface area (Å²) in [5, 5.41) is 12.1. The van der Waals surface area contributed by atoms with Crippen LogP contribution < -0.4 is 10.2 Å². The van der Waals surface area contributed by atoms with Crippen LogP contribution in [0.1, 0.15) is 13.8 Å². The molecule has 7 heteroatoms. The van der Waals surface area contributed by atoms with E-state index in [9.17, 15) is 14.7 Å². The number of amides is 2. The average molecular weight is 348 g/mol. The van der Waals surface area contributed by atoms with E-state index in [2.05, 4.69) is 10.2 Å². The Morgan fingerprint density at radius 1 is 1.08 bits per heavy atom. The van der Waals surface area contributed by atoms with Crippen LogP contribution in [-0.4, -0.2) is 79.1 Å². The van der Waals surface area contributed by atoms with Crippen LogP contribution in [0.25, 0.3) is 0 Å². The van der Waals surface area contributed by atoms with Gasteiger partial charge in [0.2, 0.25) is 11.8 Å². The maximum absolute atomic E-state index is 12.5. The highest BCUT2D eigenvalue weighted by Crippen LogP contribution is 2.19. The lowest BCUT2D eigenvalue weighted by atomic mass is 10.2. The molecule has 2 rings (SSSR count). The van der Waals surface area contributed by atoms with Crippen LogP contribution in [0.15, 0.2) is 24.3 Å². The molecule has 0 saturated carbocycles. The van der Waals surface area contributed by atoms with Gasteiger partial charge in [-0.1, -0.05) is 6.92 Å². The number of phenols is 1. The molecule has 25 heavy (non-hydrogen) atoms. The molecule has 138 valence electrons. The van der Waals surface area contributed by atoms with Gasteiger partial charge in [0.1, 0.15) is 5.75 Å². The largest absolute Gasteiger partial charge is 0.508 e. The van der Waals surface area contributed by atoms with E-state index >= 15 is 0 Å². The zero-order valence-electron chi connectivity index (χ0n) is 15.1. The molecule has 1 aliphatic heterocycles. The summed E-state index contributed by atoms with van der Waals surface area (Å²) in [6, 6.07) is 7.12. The molecule has 0 bridgehead atoms. The molecular formula is C18H28N4O3. The fraction of sp³-hybridized carbons (Fsp3) is 0.556. The quantitative estimate of drug-likeness (QED) is 0.750. The lowest BCUT2D eigenvalue weighted by Crippen LogP contribution is -2.52. The van der Waals surface area contributed by atoms with Gasteiger partial charge in [0, 0.05) is 38.4 Å². The summed E-state index contributed by atoms with van der Waals surface area (Å²) in [6.45, 7) is 8.48. The van der Waals surface area contributed by atoms with Crippen LogP contribution in [0, 0.1) is 0 Å². The van der Waals surface area contributed by atoms with Crippen LogP contribution in [0.3, 0.4) is 0 Å². The molecule has 1 aromatic carbocycles. The fourth-order valence-electron chi connectivity index (χ4n) is 2.90. The lowest BCUT2D eigenvalue weighted by molar-refractivity contribution is -0.133. The van der Waals surface area contributed by atoms with Crippen LogP contribution in [0.5, 0.6) is 5.75 Å². The fourth-order valence-corrected chi connectivity index (χ4v) is 2.90. The Bertz CT molecular complexity index is 568. The van der Waals surface area contributed by atoms with Crippen molar-refractivity contribution >= 4 is 17.5 Å². The number of carbonyl (C=O) groups excluding carboxylic acids is 2. The maximum Gasteiger partial charge on any atom is 0.236 e. The first kappa shape index (κ1) is 19.1. The van der Waals surface area contributed by atoms with Crippen molar-refractivity contribution in [2.75, 3.05) is 57.3 Å². The summed E-state index contributed by atoms with van der Waals surface area (Å²) in [7, 11) is 0. The Morgan fingerprint density at radius 3 is 2.28 bits per heavy atom. The van der Waals surface area contributed by atoms with Gasteiger partial charge in [0.05, 0.1) is 13.1 Å². The minimum absolute atomic E-state index is 0.0469. The van der Waals surface area contributed by atoms with Crippen molar-refractivity contribution in [3.63, 3.8) is 0 Å². The number of benzene rings is 1. The molecule has 0 atom stereocenters. The molecule has 0 radical (unpaired) electrons. The second-order valence-electron chi connectivity index (χ2n) is 6.14. The number of anilines is 1. The first-order valence-corrected chi connectivity index (χ1v) is 8.84. The SMILES string of the molecule is CCNC(=O)CN(CC)CC(=O)N1CCN(c2ccc(O)cc2)CC1. The first-order chi connectivity index (χ1) is 12.0. The topological polar surface area (TPSA) is 76.1 Å². The zero-order valence-corrected chi connectivity index (χ0v) is 15.1. The number of hydrogen-bond donors (Lipinski definition) is 2. The highest BCUT2D eigenvalue weighted by molar-refractivity contribution is 5.81. The van der Waals surface area contributed by atoms with E-state index in [0.717, 1.165) is 18.8 Å². The van der Waals surface area contributed by atoms with Crippen molar-refractivity contribution in [3.8, 4) is 5.75 Å². The number of rotatable bonds is 7. The monoisotopic (exact) mass is 348 g/mol. The summed E-state index contributed by atoms with van der Waals surface area (Å²) in [5.74, 6) is 0.273. The van der Waals surface area contributed by atoms with Gasteiger partial charge in [-0.2, -0.15) is 0 Å². The smallest absolute Gasteiger partial charge is 0.236 e. The highest BCUT2D eigenvalue weighted by Gasteiger charge is 2.23. The van der Waals surface area contributed by atoms with Crippen molar-refractivity contribution in [1.29, 1.82) is 0 Å². The van der Waals surface area contributed by atoms with Crippen molar-refractivity contribution < 1.29 is 14.7 Å². The van der Waals surface area contributed by atoms with Gasteiger partial charge < -0.3 is 20.2 Å². The highest BCUT2D eigenvalue weighted by atomic mass is 16.3. The normalized spacial score (nSPS) is 14.7. The Kier molecular flexibility index (Phi) is 7.06. The molecule has 1 saturated heterocycles. The summed E-state index contributed by atoms with van der Waals surface area (Å²) in [4.78, 5) is 30.1. The van der Waals surface area contributed by atoms with Crippen molar-refractivity contribution in [1.82, 2.24) is 15.1 Å². The van der Waals surface area contributed by atoms with E-state index in [1.54, 1.807) is 12.1 Å². The third kappa shape index (κ3) is 5.63.